The molecule has 0 saturated heterocycles. The standard InChI is InChI=1S/C21H23F4N3O2/c1-29-19-8-16-14(11-28-18(16)9-17(19)26)5-6-27-10-13-3-2-4-15(7-13)30-12-21(24,25)20(22)23/h2-4,7-9,11,20,27-28H,5-6,10,12,26H2,1H3. The number of nitrogen functional groups attached to an aromatic ring is 1. The van der Waals surface area contributed by atoms with E-state index in [0.29, 0.717) is 24.5 Å². The number of aromatic nitrogens is 1. The third-order valence-electron chi connectivity index (χ3n) is 4.67. The number of fused-ring (bicyclic) bond motifs is 1. The summed E-state index contributed by atoms with van der Waals surface area (Å²) in [4.78, 5) is 3.19. The van der Waals surface area contributed by atoms with E-state index in [2.05, 4.69) is 10.3 Å². The molecule has 0 atom stereocenters. The number of alkyl halides is 4. The molecule has 9 heteroatoms. The minimum atomic E-state index is -4.18. The molecule has 0 aliphatic carbocycles. The van der Waals surface area contributed by atoms with Crippen LogP contribution in [0.4, 0.5) is 23.2 Å². The van der Waals surface area contributed by atoms with Gasteiger partial charge in [0.25, 0.3) is 0 Å². The molecule has 0 aliphatic rings. The third kappa shape index (κ3) is 5.15. The summed E-state index contributed by atoms with van der Waals surface area (Å²) < 4.78 is 60.5. The lowest BCUT2D eigenvalue weighted by atomic mass is 10.1. The van der Waals surface area contributed by atoms with Gasteiger partial charge < -0.3 is 25.5 Å². The van der Waals surface area contributed by atoms with E-state index in [1.807, 2.05) is 18.3 Å². The maximum absolute atomic E-state index is 13.0. The van der Waals surface area contributed by atoms with Gasteiger partial charge in [0.15, 0.2) is 6.61 Å². The molecule has 0 aliphatic heterocycles. The molecule has 0 radical (unpaired) electrons. The minimum absolute atomic E-state index is 0.121. The highest BCUT2D eigenvalue weighted by molar-refractivity contribution is 5.88. The number of hydrogen-bond donors (Lipinski definition) is 3. The van der Waals surface area contributed by atoms with E-state index in [-0.39, 0.29) is 5.75 Å². The molecule has 0 saturated carbocycles. The lowest BCUT2D eigenvalue weighted by Gasteiger charge is -2.16. The zero-order valence-electron chi connectivity index (χ0n) is 16.4. The normalized spacial score (nSPS) is 11.9. The molecule has 0 bridgehead atoms. The number of H-pyrrole nitrogens is 1. The Morgan fingerprint density at radius 2 is 2.00 bits per heavy atom. The molecule has 3 aromatic rings. The quantitative estimate of drug-likeness (QED) is 0.256. The molecule has 2 aromatic carbocycles. The monoisotopic (exact) mass is 425 g/mol. The van der Waals surface area contributed by atoms with Crippen LogP contribution in [0, 0.1) is 0 Å². The highest BCUT2D eigenvalue weighted by Gasteiger charge is 2.41. The van der Waals surface area contributed by atoms with Crippen molar-refractivity contribution in [2.75, 3.05) is 26.0 Å². The van der Waals surface area contributed by atoms with Crippen molar-refractivity contribution in [2.24, 2.45) is 0 Å². The molecule has 5 nitrogen and oxygen atoms in total. The van der Waals surface area contributed by atoms with Crippen molar-refractivity contribution in [1.82, 2.24) is 10.3 Å². The molecule has 0 spiro atoms. The van der Waals surface area contributed by atoms with E-state index < -0.39 is 19.0 Å². The number of hydrogen-bond acceptors (Lipinski definition) is 4. The fraction of sp³-hybridized carbons (Fsp3) is 0.333. The maximum atomic E-state index is 13.0. The van der Waals surface area contributed by atoms with Crippen LogP contribution in [0.3, 0.4) is 0 Å². The number of rotatable bonds is 10. The highest BCUT2D eigenvalue weighted by Crippen LogP contribution is 2.29. The summed E-state index contributed by atoms with van der Waals surface area (Å²) in [7, 11) is 1.57. The number of aromatic amines is 1. The van der Waals surface area contributed by atoms with Crippen LogP contribution in [-0.4, -0.2) is 37.6 Å². The van der Waals surface area contributed by atoms with Crippen molar-refractivity contribution in [3.8, 4) is 11.5 Å². The Morgan fingerprint density at radius 3 is 2.73 bits per heavy atom. The van der Waals surface area contributed by atoms with Gasteiger partial charge in [0.1, 0.15) is 11.5 Å². The van der Waals surface area contributed by atoms with Crippen LogP contribution in [0.15, 0.2) is 42.6 Å². The van der Waals surface area contributed by atoms with Gasteiger partial charge in [-0.3, -0.25) is 0 Å². The lowest BCUT2D eigenvalue weighted by molar-refractivity contribution is -0.148. The average molecular weight is 425 g/mol. The molecular formula is C21H23F4N3O2. The Balaban J connectivity index is 1.53. The summed E-state index contributed by atoms with van der Waals surface area (Å²) in [5.74, 6) is -3.44. The van der Waals surface area contributed by atoms with Crippen molar-refractivity contribution in [3.05, 3.63) is 53.7 Å². The Kier molecular flexibility index (Phi) is 6.71. The first-order chi connectivity index (χ1) is 14.3. The fourth-order valence-corrected chi connectivity index (χ4v) is 3.05. The first-order valence-electron chi connectivity index (χ1n) is 9.32. The van der Waals surface area contributed by atoms with E-state index in [0.717, 1.165) is 28.5 Å². The summed E-state index contributed by atoms with van der Waals surface area (Å²) in [6.45, 7) is -0.231. The summed E-state index contributed by atoms with van der Waals surface area (Å²) in [5.41, 5.74) is 9.30. The number of ether oxygens (including phenoxy) is 2. The average Bonchev–Trinajstić information content (AvgIpc) is 3.11. The predicted octanol–water partition coefficient (Wildman–Crippen LogP) is 4.37. The van der Waals surface area contributed by atoms with E-state index in [1.165, 1.54) is 6.07 Å². The smallest absolute Gasteiger partial charge is 0.340 e. The van der Waals surface area contributed by atoms with Crippen molar-refractivity contribution >= 4 is 16.6 Å². The van der Waals surface area contributed by atoms with Crippen molar-refractivity contribution < 1.29 is 27.0 Å². The summed E-state index contributed by atoms with van der Waals surface area (Å²) >= 11 is 0. The Morgan fingerprint density at radius 1 is 1.20 bits per heavy atom. The van der Waals surface area contributed by atoms with Crippen LogP contribution in [0.5, 0.6) is 11.5 Å². The molecule has 1 aromatic heterocycles. The van der Waals surface area contributed by atoms with Gasteiger partial charge in [0.2, 0.25) is 0 Å². The van der Waals surface area contributed by atoms with Crippen LogP contribution in [0.2, 0.25) is 0 Å². The second kappa shape index (κ2) is 9.25. The number of benzene rings is 2. The van der Waals surface area contributed by atoms with Crippen molar-refractivity contribution in [1.29, 1.82) is 0 Å². The molecule has 0 amide bonds. The molecule has 0 unspecified atom stereocenters. The predicted molar refractivity (Wildman–Crippen MR) is 108 cm³/mol. The van der Waals surface area contributed by atoms with E-state index >= 15 is 0 Å². The van der Waals surface area contributed by atoms with E-state index in [9.17, 15) is 17.6 Å². The molecule has 4 N–H and O–H groups in total. The first-order valence-corrected chi connectivity index (χ1v) is 9.32. The van der Waals surface area contributed by atoms with Crippen LogP contribution in [0.1, 0.15) is 11.1 Å². The second-order valence-corrected chi connectivity index (χ2v) is 6.88. The van der Waals surface area contributed by atoms with Gasteiger partial charge in [-0.25, -0.2) is 8.78 Å². The van der Waals surface area contributed by atoms with E-state index in [4.69, 9.17) is 15.2 Å². The lowest BCUT2D eigenvalue weighted by Crippen LogP contribution is -2.33. The first kappa shape index (κ1) is 21.8. The number of nitrogens with two attached hydrogens (primary N) is 1. The molecule has 3 rings (SSSR count). The Bertz CT molecular complexity index is 992. The van der Waals surface area contributed by atoms with Gasteiger partial charge in [-0.1, -0.05) is 12.1 Å². The topological polar surface area (TPSA) is 72.3 Å². The fourth-order valence-electron chi connectivity index (χ4n) is 3.05. The SMILES string of the molecule is COc1cc2c(CCNCc3cccc(OCC(F)(F)C(F)F)c3)c[nH]c2cc1N. The molecule has 30 heavy (non-hydrogen) atoms. The molecular weight excluding hydrogens is 402 g/mol. The van der Waals surface area contributed by atoms with Crippen molar-refractivity contribution in [3.63, 3.8) is 0 Å². The van der Waals surface area contributed by atoms with Crippen LogP contribution >= 0.6 is 0 Å². The van der Waals surface area contributed by atoms with Gasteiger partial charge in [0, 0.05) is 23.6 Å². The number of methoxy groups -OCH3 is 1. The Hall–Kier alpha value is -2.94. The number of anilines is 1. The number of halogens is 4. The van der Waals surface area contributed by atoms with Crippen LogP contribution in [0.25, 0.3) is 10.9 Å². The van der Waals surface area contributed by atoms with Crippen LogP contribution < -0.4 is 20.5 Å². The van der Waals surface area contributed by atoms with Crippen molar-refractivity contribution in [2.45, 2.75) is 25.3 Å². The zero-order chi connectivity index (χ0) is 21.7. The summed E-state index contributed by atoms with van der Waals surface area (Å²) in [6.07, 6.45) is -1.10. The molecule has 162 valence electrons. The van der Waals surface area contributed by atoms with Gasteiger partial charge in [-0.2, -0.15) is 8.78 Å². The number of nitrogens with one attached hydrogen (secondary N) is 2. The Labute approximate surface area is 171 Å². The summed E-state index contributed by atoms with van der Waals surface area (Å²) in [5, 5.41) is 4.30. The molecule has 0 fully saturated rings. The minimum Gasteiger partial charge on any atom is -0.495 e. The summed E-state index contributed by atoms with van der Waals surface area (Å²) in [6, 6.07) is 10.2. The largest absolute Gasteiger partial charge is 0.495 e. The zero-order valence-corrected chi connectivity index (χ0v) is 16.4. The maximum Gasteiger partial charge on any atom is 0.340 e. The van der Waals surface area contributed by atoms with Gasteiger partial charge in [-0.05, 0) is 48.4 Å². The highest BCUT2D eigenvalue weighted by atomic mass is 19.3. The van der Waals surface area contributed by atoms with Gasteiger partial charge >= 0.3 is 12.3 Å². The third-order valence-corrected chi connectivity index (χ3v) is 4.67. The molecule has 1 heterocycles. The van der Waals surface area contributed by atoms with Crippen LogP contribution in [-0.2, 0) is 13.0 Å². The second-order valence-electron chi connectivity index (χ2n) is 6.88. The van der Waals surface area contributed by atoms with E-state index in [1.54, 1.807) is 25.3 Å². The van der Waals surface area contributed by atoms with Gasteiger partial charge in [0.05, 0.1) is 12.8 Å². The van der Waals surface area contributed by atoms with Gasteiger partial charge in [-0.15, -0.1) is 0 Å².